The standard InChI is InChI=1S/C20H27N7O2/c1-13-15(14(2)29-24-13)11-27-6-4-5-16(27)18-22-19-17(21-12-25(19)3)20(23-18)26-7-9-28-10-8-26/h12,16H,4-11H2,1-3H3. The second kappa shape index (κ2) is 7.38. The predicted octanol–water partition coefficient (Wildman–Crippen LogP) is 2.14. The fourth-order valence-corrected chi connectivity index (χ4v) is 4.39. The lowest BCUT2D eigenvalue weighted by molar-refractivity contribution is 0.122. The van der Waals surface area contributed by atoms with Gasteiger partial charge in [0.1, 0.15) is 11.6 Å². The van der Waals surface area contributed by atoms with Gasteiger partial charge in [-0.05, 0) is 33.2 Å². The number of morpholine rings is 1. The van der Waals surface area contributed by atoms with E-state index >= 15 is 0 Å². The van der Waals surface area contributed by atoms with E-state index in [1.165, 1.54) is 5.56 Å². The normalized spacial score (nSPS) is 20.8. The lowest BCUT2D eigenvalue weighted by Gasteiger charge is -2.29. The minimum atomic E-state index is 0.183. The maximum Gasteiger partial charge on any atom is 0.165 e. The number of imidazole rings is 1. The maximum absolute atomic E-state index is 5.53. The molecule has 1 unspecified atom stereocenters. The first kappa shape index (κ1) is 18.5. The van der Waals surface area contributed by atoms with E-state index < -0.39 is 0 Å². The van der Waals surface area contributed by atoms with Crippen molar-refractivity contribution >= 4 is 17.0 Å². The Morgan fingerprint density at radius 3 is 2.72 bits per heavy atom. The average Bonchev–Trinajstić information content (AvgIpc) is 3.44. The number of anilines is 1. The van der Waals surface area contributed by atoms with Gasteiger partial charge < -0.3 is 18.7 Å². The Bertz CT molecular complexity index is 1000. The number of aryl methyl sites for hydroxylation is 3. The van der Waals surface area contributed by atoms with Gasteiger partial charge in [0.25, 0.3) is 0 Å². The molecule has 0 aliphatic carbocycles. The molecule has 154 valence electrons. The summed E-state index contributed by atoms with van der Waals surface area (Å²) in [6.07, 6.45) is 4.01. The highest BCUT2D eigenvalue weighted by Crippen LogP contribution is 2.34. The SMILES string of the molecule is Cc1noc(C)c1CN1CCCC1c1nc(N2CCOCC2)c2ncn(C)c2n1. The van der Waals surface area contributed by atoms with Crippen molar-refractivity contribution in [1.29, 1.82) is 0 Å². The monoisotopic (exact) mass is 397 g/mol. The molecule has 2 aliphatic rings. The molecule has 9 nitrogen and oxygen atoms in total. The summed E-state index contributed by atoms with van der Waals surface area (Å²) in [5.74, 6) is 2.70. The van der Waals surface area contributed by atoms with Gasteiger partial charge >= 0.3 is 0 Å². The number of ether oxygens (including phenoxy) is 1. The highest BCUT2D eigenvalue weighted by atomic mass is 16.5. The summed E-state index contributed by atoms with van der Waals surface area (Å²) in [6, 6.07) is 0.183. The quantitative estimate of drug-likeness (QED) is 0.662. The molecule has 5 heterocycles. The van der Waals surface area contributed by atoms with E-state index in [1.54, 1.807) is 0 Å². The van der Waals surface area contributed by atoms with E-state index in [-0.39, 0.29) is 6.04 Å². The van der Waals surface area contributed by atoms with Crippen LogP contribution in [0.5, 0.6) is 0 Å². The van der Waals surface area contributed by atoms with E-state index in [2.05, 4.69) is 19.9 Å². The van der Waals surface area contributed by atoms with Crippen molar-refractivity contribution in [2.24, 2.45) is 7.05 Å². The van der Waals surface area contributed by atoms with Gasteiger partial charge in [-0.15, -0.1) is 0 Å². The Morgan fingerprint density at radius 1 is 1.14 bits per heavy atom. The smallest absolute Gasteiger partial charge is 0.165 e. The lowest BCUT2D eigenvalue weighted by atomic mass is 10.1. The summed E-state index contributed by atoms with van der Waals surface area (Å²) in [6.45, 7) is 8.91. The van der Waals surface area contributed by atoms with Crippen molar-refractivity contribution in [3.63, 3.8) is 0 Å². The molecule has 29 heavy (non-hydrogen) atoms. The minimum absolute atomic E-state index is 0.183. The molecule has 2 fully saturated rings. The van der Waals surface area contributed by atoms with Crippen molar-refractivity contribution in [2.45, 2.75) is 39.3 Å². The first-order valence-corrected chi connectivity index (χ1v) is 10.3. The van der Waals surface area contributed by atoms with E-state index in [1.807, 2.05) is 31.8 Å². The zero-order chi connectivity index (χ0) is 20.0. The lowest BCUT2D eigenvalue weighted by Crippen LogP contribution is -2.37. The van der Waals surface area contributed by atoms with Crippen LogP contribution in [0.1, 0.15) is 41.7 Å². The van der Waals surface area contributed by atoms with Gasteiger partial charge in [0.2, 0.25) is 0 Å². The number of aromatic nitrogens is 5. The Labute approximate surface area is 169 Å². The topological polar surface area (TPSA) is 85.3 Å². The third-order valence-corrected chi connectivity index (χ3v) is 6.07. The Hall–Kier alpha value is -2.52. The van der Waals surface area contributed by atoms with Gasteiger partial charge in [-0.25, -0.2) is 15.0 Å². The summed E-state index contributed by atoms with van der Waals surface area (Å²) in [5.41, 5.74) is 3.89. The zero-order valence-corrected chi connectivity index (χ0v) is 17.3. The highest BCUT2D eigenvalue weighted by molar-refractivity contribution is 5.83. The maximum atomic E-state index is 5.53. The second-order valence-corrected chi connectivity index (χ2v) is 7.96. The molecular formula is C20H27N7O2. The van der Waals surface area contributed by atoms with E-state index in [4.69, 9.17) is 19.2 Å². The van der Waals surface area contributed by atoms with Crippen LogP contribution in [0.15, 0.2) is 10.9 Å². The Morgan fingerprint density at radius 2 is 1.97 bits per heavy atom. The zero-order valence-electron chi connectivity index (χ0n) is 17.3. The van der Waals surface area contributed by atoms with Gasteiger partial charge in [0.15, 0.2) is 17.0 Å². The summed E-state index contributed by atoms with van der Waals surface area (Å²) in [7, 11) is 1.99. The average molecular weight is 397 g/mol. The molecule has 0 amide bonds. The molecular weight excluding hydrogens is 370 g/mol. The van der Waals surface area contributed by atoms with Crippen molar-refractivity contribution < 1.29 is 9.26 Å². The number of likely N-dealkylation sites (tertiary alicyclic amines) is 1. The van der Waals surface area contributed by atoms with Gasteiger partial charge in [-0.2, -0.15) is 0 Å². The second-order valence-electron chi connectivity index (χ2n) is 7.96. The summed E-state index contributed by atoms with van der Waals surface area (Å²) >= 11 is 0. The predicted molar refractivity (Wildman–Crippen MR) is 108 cm³/mol. The van der Waals surface area contributed by atoms with Crippen molar-refractivity contribution in [1.82, 2.24) is 29.6 Å². The fourth-order valence-electron chi connectivity index (χ4n) is 4.39. The summed E-state index contributed by atoms with van der Waals surface area (Å²) in [4.78, 5) is 19.3. The molecule has 3 aromatic rings. The van der Waals surface area contributed by atoms with Crippen LogP contribution < -0.4 is 4.90 Å². The molecule has 0 bridgehead atoms. The molecule has 9 heteroatoms. The van der Waals surface area contributed by atoms with Gasteiger partial charge in [0.05, 0.1) is 31.3 Å². The van der Waals surface area contributed by atoms with Crippen molar-refractivity contribution in [3.05, 3.63) is 29.2 Å². The number of fused-ring (bicyclic) bond motifs is 1. The molecule has 0 N–H and O–H groups in total. The molecule has 3 aromatic heterocycles. The summed E-state index contributed by atoms with van der Waals surface area (Å²) in [5, 5.41) is 4.11. The van der Waals surface area contributed by atoms with Crippen molar-refractivity contribution in [2.75, 3.05) is 37.7 Å². The van der Waals surface area contributed by atoms with Crippen LogP contribution in [0.25, 0.3) is 11.2 Å². The van der Waals surface area contributed by atoms with Gasteiger partial charge in [0, 0.05) is 32.2 Å². The fraction of sp³-hybridized carbons (Fsp3) is 0.600. The molecule has 0 saturated carbocycles. The Kier molecular flexibility index (Phi) is 4.71. The first-order valence-electron chi connectivity index (χ1n) is 10.3. The van der Waals surface area contributed by atoms with E-state index in [9.17, 15) is 0 Å². The van der Waals surface area contributed by atoms with E-state index in [0.29, 0.717) is 0 Å². The van der Waals surface area contributed by atoms with Gasteiger partial charge in [-0.3, -0.25) is 4.90 Å². The Balaban J connectivity index is 1.52. The molecule has 1 atom stereocenters. The number of rotatable bonds is 4. The van der Waals surface area contributed by atoms with Crippen LogP contribution in [-0.2, 0) is 18.3 Å². The van der Waals surface area contributed by atoms with Crippen LogP contribution in [0.4, 0.5) is 5.82 Å². The van der Waals surface area contributed by atoms with Crippen LogP contribution >= 0.6 is 0 Å². The molecule has 0 spiro atoms. The molecule has 0 radical (unpaired) electrons. The van der Waals surface area contributed by atoms with Crippen LogP contribution in [0.2, 0.25) is 0 Å². The molecule has 5 rings (SSSR count). The molecule has 2 saturated heterocycles. The number of nitrogens with zero attached hydrogens (tertiary/aromatic N) is 7. The minimum Gasteiger partial charge on any atom is -0.378 e. The van der Waals surface area contributed by atoms with Crippen LogP contribution in [0, 0.1) is 13.8 Å². The summed E-state index contributed by atoms with van der Waals surface area (Å²) < 4.78 is 12.9. The first-order chi connectivity index (χ1) is 14.1. The largest absolute Gasteiger partial charge is 0.378 e. The molecule has 0 aromatic carbocycles. The van der Waals surface area contributed by atoms with Crippen LogP contribution in [-0.4, -0.2) is 62.4 Å². The third-order valence-electron chi connectivity index (χ3n) is 6.07. The van der Waals surface area contributed by atoms with Crippen LogP contribution in [0.3, 0.4) is 0 Å². The van der Waals surface area contributed by atoms with E-state index in [0.717, 1.165) is 86.5 Å². The van der Waals surface area contributed by atoms with Crippen molar-refractivity contribution in [3.8, 4) is 0 Å². The van der Waals surface area contributed by atoms with Gasteiger partial charge in [-0.1, -0.05) is 5.16 Å². The number of hydrogen-bond donors (Lipinski definition) is 0. The highest BCUT2D eigenvalue weighted by Gasteiger charge is 2.31. The molecule has 2 aliphatic heterocycles. The third kappa shape index (κ3) is 3.28. The number of hydrogen-bond acceptors (Lipinski definition) is 8.